The molecule has 1 radical (unpaired) electrons. The molecule has 0 aliphatic rings. The molecular weight excluding hydrogens is 229 g/mol. The number of halogens is 2. The molecule has 2 heterocycles. The highest BCUT2D eigenvalue weighted by Gasteiger charge is 2.00. The highest BCUT2D eigenvalue weighted by atomic mass is 79.9. The van der Waals surface area contributed by atoms with Crippen LogP contribution in [0.25, 0.3) is 5.52 Å². The zero-order valence-corrected chi connectivity index (χ0v) is 7.59. The Morgan fingerprint density at radius 1 is 1.55 bits per heavy atom. The molecule has 2 aromatic heterocycles. The first-order chi connectivity index (χ1) is 5.27. The van der Waals surface area contributed by atoms with Gasteiger partial charge in [-0.05, 0) is 39.7 Å². The summed E-state index contributed by atoms with van der Waals surface area (Å²) in [6.45, 7) is 0. The van der Waals surface area contributed by atoms with Crippen molar-refractivity contribution in [2.75, 3.05) is 0 Å². The molecular formula is C6H2BrClN3. The molecule has 0 aliphatic carbocycles. The predicted octanol–water partition coefficient (Wildman–Crippen LogP) is 1.95. The van der Waals surface area contributed by atoms with Crippen molar-refractivity contribution in [1.82, 2.24) is 14.6 Å². The molecule has 0 amide bonds. The largest absolute Gasteiger partial charge is 0.241 e. The normalized spacial score (nSPS) is 10.7. The molecule has 0 atom stereocenters. The second-order valence-electron chi connectivity index (χ2n) is 1.95. The van der Waals surface area contributed by atoms with Gasteiger partial charge in [0.2, 0.25) is 5.28 Å². The minimum absolute atomic E-state index is 0.189. The van der Waals surface area contributed by atoms with Crippen molar-refractivity contribution >= 4 is 33.0 Å². The van der Waals surface area contributed by atoms with E-state index in [0.717, 1.165) is 10.1 Å². The maximum Gasteiger partial charge on any atom is 0.241 e. The standard InChI is InChI=1S/C6H2BrClN3/c7-5-2-1-4-3-9-6(8)10-11(4)5/h1-2H. The fourth-order valence-electron chi connectivity index (χ4n) is 0.799. The van der Waals surface area contributed by atoms with Crippen LogP contribution in [0.4, 0.5) is 0 Å². The first kappa shape index (κ1) is 7.06. The highest BCUT2D eigenvalue weighted by Crippen LogP contribution is 2.13. The van der Waals surface area contributed by atoms with Gasteiger partial charge in [0, 0.05) is 0 Å². The Hall–Kier alpha value is -0.610. The SMILES string of the molecule is Clc1n[c]c2ccc(Br)n2n1. The summed E-state index contributed by atoms with van der Waals surface area (Å²) >= 11 is 8.85. The summed E-state index contributed by atoms with van der Waals surface area (Å²) in [5.41, 5.74) is 0.793. The van der Waals surface area contributed by atoms with Gasteiger partial charge in [0.05, 0.1) is 5.52 Å². The Kier molecular flexibility index (Phi) is 1.58. The van der Waals surface area contributed by atoms with Crippen LogP contribution in [0.1, 0.15) is 0 Å². The fourth-order valence-corrected chi connectivity index (χ4v) is 1.32. The summed E-state index contributed by atoms with van der Waals surface area (Å²) in [5, 5.41) is 4.12. The van der Waals surface area contributed by atoms with Crippen molar-refractivity contribution in [3.8, 4) is 0 Å². The van der Waals surface area contributed by atoms with Crippen molar-refractivity contribution in [2.24, 2.45) is 0 Å². The van der Waals surface area contributed by atoms with E-state index in [2.05, 4.69) is 32.2 Å². The van der Waals surface area contributed by atoms with Crippen LogP contribution in [-0.4, -0.2) is 14.6 Å². The lowest BCUT2D eigenvalue weighted by Crippen LogP contribution is -1.93. The van der Waals surface area contributed by atoms with E-state index < -0.39 is 0 Å². The van der Waals surface area contributed by atoms with Crippen LogP contribution in [0, 0.1) is 6.20 Å². The summed E-state index contributed by atoms with van der Waals surface area (Å²) in [6.07, 6.45) is 2.73. The van der Waals surface area contributed by atoms with Crippen molar-refractivity contribution in [3.05, 3.63) is 28.2 Å². The van der Waals surface area contributed by atoms with Crippen LogP contribution >= 0.6 is 27.5 Å². The first-order valence-corrected chi connectivity index (χ1v) is 4.03. The molecule has 2 aromatic rings. The number of aromatic nitrogens is 3. The maximum absolute atomic E-state index is 5.55. The Morgan fingerprint density at radius 2 is 2.36 bits per heavy atom. The number of nitrogens with zero attached hydrogens (tertiary/aromatic N) is 3. The van der Waals surface area contributed by atoms with E-state index in [4.69, 9.17) is 11.6 Å². The summed E-state index contributed by atoms with van der Waals surface area (Å²) in [5.74, 6) is 0. The maximum atomic E-state index is 5.55. The van der Waals surface area contributed by atoms with Gasteiger partial charge in [0.1, 0.15) is 10.8 Å². The molecule has 0 spiro atoms. The van der Waals surface area contributed by atoms with Gasteiger partial charge in [-0.2, -0.15) is 0 Å². The van der Waals surface area contributed by atoms with E-state index in [9.17, 15) is 0 Å². The van der Waals surface area contributed by atoms with Gasteiger partial charge in [0.25, 0.3) is 0 Å². The lowest BCUT2D eigenvalue weighted by atomic mass is 10.5. The van der Waals surface area contributed by atoms with Gasteiger partial charge < -0.3 is 0 Å². The Bertz CT molecular complexity index is 398. The number of hydrogen-bond donors (Lipinski definition) is 0. The Balaban J connectivity index is 2.87. The van der Waals surface area contributed by atoms with E-state index in [-0.39, 0.29) is 5.28 Å². The Labute approximate surface area is 76.1 Å². The van der Waals surface area contributed by atoms with Crippen molar-refractivity contribution in [3.63, 3.8) is 0 Å². The molecule has 55 valence electrons. The third-order valence-corrected chi connectivity index (χ3v) is 2.01. The molecule has 0 unspecified atom stereocenters. The molecule has 3 nitrogen and oxygen atoms in total. The van der Waals surface area contributed by atoms with Crippen LogP contribution in [0.5, 0.6) is 0 Å². The lowest BCUT2D eigenvalue weighted by molar-refractivity contribution is 0.883. The number of hydrogen-bond acceptors (Lipinski definition) is 2. The van der Waals surface area contributed by atoms with Gasteiger partial charge >= 0.3 is 0 Å². The molecule has 0 saturated carbocycles. The van der Waals surface area contributed by atoms with Crippen molar-refractivity contribution in [2.45, 2.75) is 0 Å². The Morgan fingerprint density at radius 3 is 3.18 bits per heavy atom. The van der Waals surface area contributed by atoms with Gasteiger partial charge in [-0.1, -0.05) is 0 Å². The van der Waals surface area contributed by atoms with E-state index in [1.54, 1.807) is 4.52 Å². The number of rotatable bonds is 0. The van der Waals surface area contributed by atoms with E-state index in [1.165, 1.54) is 0 Å². The van der Waals surface area contributed by atoms with Gasteiger partial charge in [-0.3, -0.25) is 0 Å². The summed E-state index contributed by atoms with van der Waals surface area (Å²) in [7, 11) is 0. The minimum atomic E-state index is 0.189. The molecule has 2 rings (SSSR count). The van der Waals surface area contributed by atoms with E-state index in [0.29, 0.717) is 0 Å². The molecule has 0 aliphatic heterocycles. The summed E-state index contributed by atoms with van der Waals surface area (Å²) in [6, 6.07) is 3.71. The van der Waals surface area contributed by atoms with Gasteiger partial charge in [0.15, 0.2) is 0 Å². The highest BCUT2D eigenvalue weighted by molar-refractivity contribution is 9.10. The molecule has 0 bridgehead atoms. The smallest absolute Gasteiger partial charge is 0.221 e. The first-order valence-electron chi connectivity index (χ1n) is 2.86. The van der Waals surface area contributed by atoms with Crippen LogP contribution in [-0.2, 0) is 0 Å². The molecule has 0 fully saturated rings. The number of fused-ring (bicyclic) bond motifs is 1. The summed E-state index contributed by atoms with van der Waals surface area (Å²) < 4.78 is 2.46. The topological polar surface area (TPSA) is 30.2 Å². The average molecular weight is 231 g/mol. The predicted molar refractivity (Wildman–Crippen MR) is 44.5 cm³/mol. The second-order valence-corrected chi connectivity index (χ2v) is 3.10. The minimum Gasteiger partial charge on any atom is -0.221 e. The molecule has 0 N–H and O–H groups in total. The van der Waals surface area contributed by atoms with Crippen LogP contribution in [0.2, 0.25) is 5.28 Å². The molecule has 5 heteroatoms. The van der Waals surface area contributed by atoms with E-state index in [1.807, 2.05) is 12.1 Å². The van der Waals surface area contributed by atoms with E-state index >= 15 is 0 Å². The summed E-state index contributed by atoms with van der Waals surface area (Å²) in [4.78, 5) is 3.71. The third-order valence-electron chi connectivity index (χ3n) is 1.25. The van der Waals surface area contributed by atoms with Crippen molar-refractivity contribution in [1.29, 1.82) is 0 Å². The molecule has 0 aromatic carbocycles. The van der Waals surface area contributed by atoms with Crippen LogP contribution in [0.3, 0.4) is 0 Å². The van der Waals surface area contributed by atoms with Gasteiger partial charge in [-0.25, -0.2) is 9.50 Å². The lowest BCUT2D eigenvalue weighted by Gasteiger charge is -1.92. The quantitative estimate of drug-likeness (QED) is 0.694. The van der Waals surface area contributed by atoms with Crippen molar-refractivity contribution < 1.29 is 0 Å². The zero-order valence-electron chi connectivity index (χ0n) is 5.25. The monoisotopic (exact) mass is 230 g/mol. The van der Waals surface area contributed by atoms with Crippen LogP contribution in [0.15, 0.2) is 16.7 Å². The van der Waals surface area contributed by atoms with Gasteiger partial charge in [-0.15, -0.1) is 5.10 Å². The average Bonchev–Trinajstić information content (AvgIpc) is 2.33. The van der Waals surface area contributed by atoms with Crippen LogP contribution < -0.4 is 0 Å². The molecule has 11 heavy (non-hydrogen) atoms. The fraction of sp³-hybridized carbons (Fsp3) is 0. The third kappa shape index (κ3) is 1.12. The molecule has 0 saturated heterocycles. The zero-order chi connectivity index (χ0) is 7.84. The second kappa shape index (κ2) is 2.46.